The molecule has 0 aliphatic carbocycles. The highest BCUT2D eigenvalue weighted by atomic mass is 35.5. The number of halogens is 1. The van der Waals surface area contributed by atoms with Gasteiger partial charge < -0.3 is 15.6 Å². The third-order valence-corrected chi connectivity index (χ3v) is 5.43. The minimum Gasteiger partial charge on any atom is -0.366 e. The van der Waals surface area contributed by atoms with E-state index in [1.54, 1.807) is 0 Å². The number of nitrogens with one attached hydrogen (secondary N) is 1. The molecule has 0 radical (unpaired) electrons. The van der Waals surface area contributed by atoms with Gasteiger partial charge in [0, 0.05) is 28.3 Å². The first-order valence-corrected chi connectivity index (χ1v) is 10.1. The summed E-state index contributed by atoms with van der Waals surface area (Å²) < 4.78 is 2.14. The fourth-order valence-corrected chi connectivity index (χ4v) is 3.74. The predicted octanol–water partition coefficient (Wildman–Crippen LogP) is 5.46. The second-order valence-electron chi connectivity index (χ2n) is 6.90. The Labute approximate surface area is 168 Å². The molecule has 0 fully saturated rings. The van der Waals surface area contributed by atoms with Gasteiger partial charge in [-0.15, -0.1) is 11.3 Å². The molecule has 3 aromatic rings. The average Bonchev–Trinajstić information content (AvgIpc) is 3.19. The number of hydrogen-bond acceptors (Lipinski definition) is 4. The summed E-state index contributed by atoms with van der Waals surface area (Å²) in [5.74, 6) is 0.154. The van der Waals surface area contributed by atoms with Crippen molar-refractivity contribution in [1.29, 1.82) is 0 Å². The van der Waals surface area contributed by atoms with E-state index < -0.39 is 5.91 Å². The fourth-order valence-electron chi connectivity index (χ4n) is 2.89. The first-order chi connectivity index (χ1) is 12.8. The number of carbonyl (C=O) groups is 1. The Bertz CT molecular complexity index is 944. The maximum absolute atomic E-state index is 11.8. The highest BCUT2D eigenvalue weighted by Crippen LogP contribution is 2.31. The van der Waals surface area contributed by atoms with E-state index in [1.807, 2.05) is 42.6 Å². The van der Waals surface area contributed by atoms with E-state index in [0.29, 0.717) is 16.5 Å². The summed E-state index contributed by atoms with van der Waals surface area (Å²) in [5.41, 5.74) is 9.66. The van der Waals surface area contributed by atoms with Crippen molar-refractivity contribution in [3.05, 3.63) is 52.0 Å². The molecule has 0 bridgehead atoms. The van der Waals surface area contributed by atoms with E-state index in [9.17, 15) is 4.79 Å². The molecule has 142 valence electrons. The molecule has 0 aliphatic rings. The van der Waals surface area contributed by atoms with Crippen LogP contribution >= 0.6 is 22.9 Å². The normalized spacial score (nSPS) is 11.1. The van der Waals surface area contributed by atoms with Gasteiger partial charge in [-0.05, 0) is 49.6 Å². The Hall–Kier alpha value is -2.31. The average molecular weight is 403 g/mol. The molecule has 2 aromatic heterocycles. The quantitative estimate of drug-likeness (QED) is 0.550. The number of hydrogen-bond donors (Lipinski definition) is 2. The SMILES string of the molecule is Cc1c(C(N)=O)cc(-c2csc(Nc3ccc(Cl)cc3)n2)n1CCC(C)C. The summed E-state index contributed by atoms with van der Waals surface area (Å²) >= 11 is 7.44. The zero-order valence-corrected chi connectivity index (χ0v) is 17.2. The molecule has 0 saturated carbocycles. The highest BCUT2D eigenvalue weighted by molar-refractivity contribution is 7.14. The molecule has 5 nitrogen and oxygen atoms in total. The molecule has 0 saturated heterocycles. The van der Waals surface area contributed by atoms with Crippen LogP contribution in [0.5, 0.6) is 0 Å². The lowest BCUT2D eigenvalue weighted by Crippen LogP contribution is -2.13. The monoisotopic (exact) mass is 402 g/mol. The molecule has 7 heteroatoms. The van der Waals surface area contributed by atoms with Crippen LogP contribution in [0.3, 0.4) is 0 Å². The Morgan fingerprint density at radius 3 is 2.67 bits per heavy atom. The van der Waals surface area contributed by atoms with Gasteiger partial charge in [0.2, 0.25) is 0 Å². The Morgan fingerprint density at radius 1 is 1.33 bits per heavy atom. The van der Waals surface area contributed by atoms with Gasteiger partial charge in [-0.3, -0.25) is 4.79 Å². The second kappa shape index (κ2) is 8.15. The summed E-state index contributed by atoms with van der Waals surface area (Å²) in [6, 6.07) is 9.32. The molecular formula is C20H23ClN4OS. The van der Waals surface area contributed by atoms with E-state index in [2.05, 4.69) is 23.7 Å². The first kappa shape index (κ1) is 19.5. The van der Waals surface area contributed by atoms with Crippen LogP contribution in [0.1, 0.15) is 36.3 Å². The second-order valence-corrected chi connectivity index (χ2v) is 8.19. The van der Waals surface area contributed by atoms with Crippen molar-refractivity contribution in [2.24, 2.45) is 11.7 Å². The molecule has 2 heterocycles. The number of thiazole rings is 1. The third kappa shape index (κ3) is 4.51. The first-order valence-electron chi connectivity index (χ1n) is 8.83. The molecule has 0 spiro atoms. The van der Waals surface area contributed by atoms with Crippen molar-refractivity contribution >= 4 is 39.7 Å². The molecule has 0 atom stereocenters. The molecule has 27 heavy (non-hydrogen) atoms. The largest absolute Gasteiger partial charge is 0.366 e. The highest BCUT2D eigenvalue weighted by Gasteiger charge is 2.18. The van der Waals surface area contributed by atoms with Gasteiger partial charge in [-0.2, -0.15) is 0 Å². The van der Waals surface area contributed by atoms with Crippen LogP contribution in [-0.4, -0.2) is 15.5 Å². The van der Waals surface area contributed by atoms with Gasteiger partial charge >= 0.3 is 0 Å². The minimum absolute atomic E-state index is 0.410. The number of anilines is 2. The Morgan fingerprint density at radius 2 is 2.04 bits per heavy atom. The number of nitrogens with zero attached hydrogens (tertiary/aromatic N) is 2. The van der Waals surface area contributed by atoms with Crippen LogP contribution in [0, 0.1) is 12.8 Å². The van der Waals surface area contributed by atoms with Crippen LogP contribution in [0.4, 0.5) is 10.8 Å². The van der Waals surface area contributed by atoms with Crippen molar-refractivity contribution in [3.63, 3.8) is 0 Å². The number of nitrogens with two attached hydrogens (primary N) is 1. The molecule has 3 rings (SSSR count). The maximum Gasteiger partial charge on any atom is 0.250 e. The minimum atomic E-state index is -0.410. The molecular weight excluding hydrogens is 380 g/mol. The molecule has 3 N–H and O–H groups in total. The fraction of sp³-hybridized carbons (Fsp3) is 0.300. The van der Waals surface area contributed by atoms with Crippen LogP contribution in [0.15, 0.2) is 35.7 Å². The van der Waals surface area contributed by atoms with Gasteiger partial charge in [0.1, 0.15) is 0 Å². The van der Waals surface area contributed by atoms with Crippen LogP contribution in [0.2, 0.25) is 5.02 Å². The van der Waals surface area contributed by atoms with Crippen LogP contribution in [-0.2, 0) is 6.54 Å². The summed E-state index contributed by atoms with van der Waals surface area (Å²) in [6.45, 7) is 7.13. The summed E-state index contributed by atoms with van der Waals surface area (Å²) in [7, 11) is 0. The number of benzene rings is 1. The third-order valence-electron chi connectivity index (χ3n) is 4.42. The summed E-state index contributed by atoms with van der Waals surface area (Å²) in [4.78, 5) is 16.5. The standard InChI is InChI=1S/C20H23ClN4OS/c1-12(2)8-9-25-13(3)16(19(22)26)10-18(25)17-11-27-20(24-17)23-15-6-4-14(21)5-7-15/h4-7,10-12H,8-9H2,1-3H3,(H2,22,26)(H,23,24). The molecule has 1 aromatic carbocycles. The zero-order chi connectivity index (χ0) is 19.6. The lowest BCUT2D eigenvalue weighted by atomic mass is 10.1. The van der Waals surface area contributed by atoms with Crippen molar-refractivity contribution in [1.82, 2.24) is 9.55 Å². The van der Waals surface area contributed by atoms with Gasteiger partial charge in [-0.25, -0.2) is 4.98 Å². The van der Waals surface area contributed by atoms with Gasteiger partial charge in [0.25, 0.3) is 5.91 Å². The molecule has 0 unspecified atom stereocenters. The summed E-state index contributed by atoms with van der Waals surface area (Å²) in [5, 5.41) is 6.75. The lowest BCUT2D eigenvalue weighted by molar-refractivity contribution is 0.0999. The van der Waals surface area contributed by atoms with E-state index in [0.717, 1.165) is 40.9 Å². The van der Waals surface area contributed by atoms with Gasteiger partial charge in [0.15, 0.2) is 5.13 Å². The smallest absolute Gasteiger partial charge is 0.250 e. The van der Waals surface area contributed by atoms with Crippen molar-refractivity contribution in [3.8, 4) is 11.4 Å². The van der Waals surface area contributed by atoms with Gasteiger partial charge in [-0.1, -0.05) is 25.4 Å². The topological polar surface area (TPSA) is 72.9 Å². The van der Waals surface area contributed by atoms with E-state index >= 15 is 0 Å². The number of aromatic nitrogens is 2. The van der Waals surface area contributed by atoms with E-state index in [4.69, 9.17) is 22.3 Å². The molecule has 1 amide bonds. The Balaban J connectivity index is 1.91. The van der Waals surface area contributed by atoms with Crippen molar-refractivity contribution in [2.75, 3.05) is 5.32 Å². The maximum atomic E-state index is 11.8. The Kier molecular flexibility index (Phi) is 5.87. The lowest BCUT2D eigenvalue weighted by Gasteiger charge is -2.12. The van der Waals surface area contributed by atoms with E-state index in [-0.39, 0.29) is 0 Å². The number of rotatable bonds is 7. The predicted molar refractivity (Wildman–Crippen MR) is 113 cm³/mol. The van der Waals surface area contributed by atoms with Crippen LogP contribution < -0.4 is 11.1 Å². The van der Waals surface area contributed by atoms with Crippen molar-refractivity contribution < 1.29 is 4.79 Å². The van der Waals surface area contributed by atoms with Crippen molar-refractivity contribution in [2.45, 2.75) is 33.7 Å². The number of carbonyl (C=O) groups excluding carboxylic acids is 1. The summed E-state index contributed by atoms with van der Waals surface area (Å²) in [6.07, 6.45) is 1.01. The van der Waals surface area contributed by atoms with Crippen LogP contribution in [0.25, 0.3) is 11.4 Å². The zero-order valence-electron chi connectivity index (χ0n) is 15.6. The van der Waals surface area contributed by atoms with Gasteiger partial charge in [0.05, 0.1) is 17.0 Å². The number of primary amides is 1. The van der Waals surface area contributed by atoms with E-state index in [1.165, 1.54) is 11.3 Å². The number of amides is 1. The molecule has 0 aliphatic heterocycles.